The van der Waals surface area contributed by atoms with Crippen LogP contribution in [0.5, 0.6) is 0 Å². The number of amides is 1. The van der Waals surface area contributed by atoms with Gasteiger partial charge in [0.15, 0.2) is 0 Å². The maximum atomic E-state index is 12.5. The molecule has 7 heteroatoms. The second-order valence-corrected chi connectivity index (χ2v) is 4.85. The molecule has 0 bridgehead atoms. The summed E-state index contributed by atoms with van der Waals surface area (Å²) in [5.74, 6) is -2.50. The number of nitrogens with zero attached hydrogens (tertiary/aromatic N) is 1. The fourth-order valence-corrected chi connectivity index (χ4v) is 2.51. The quantitative estimate of drug-likeness (QED) is 0.747. The monoisotopic (exact) mass is 301 g/mol. The molecule has 1 aliphatic heterocycles. The van der Waals surface area contributed by atoms with E-state index in [0.29, 0.717) is 10.5 Å². The van der Waals surface area contributed by atoms with Gasteiger partial charge in [-0.1, -0.05) is 6.07 Å². The molecule has 21 heavy (non-hydrogen) atoms. The van der Waals surface area contributed by atoms with Gasteiger partial charge in [-0.15, -0.1) is 0 Å². The number of fused-ring (bicyclic) bond motifs is 1. The van der Waals surface area contributed by atoms with E-state index in [9.17, 15) is 22.8 Å². The van der Waals surface area contributed by atoms with E-state index in [1.54, 1.807) is 6.07 Å². The lowest BCUT2D eigenvalue weighted by molar-refractivity contribution is -0.186. The highest BCUT2D eigenvalue weighted by Crippen LogP contribution is 2.29. The average Bonchev–Trinajstić information content (AvgIpc) is 2.44. The molecule has 0 atom stereocenters. The van der Waals surface area contributed by atoms with Crippen molar-refractivity contribution in [3.63, 3.8) is 0 Å². The first-order valence-electron chi connectivity index (χ1n) is 6.31. The third kappa shape index (κ3) is 2.86. The van der Waals surface area contributed by atoms with Gasteiger partial charge in [-0.25, -0.2) is 4.79 Å². The largest absolute Gasteiger partial charge is 0.471 e. The molecule has 0 N–H and O–H groups in total. The van der Waals surface area contributed by atoms with Crippen LogP contribution in [0.25, 0.3) is 0 Å². The number of aryl methyl sites for hydroxylation is 1. The third-order valence-electron chi connectivity index (χ3n) is 3.58. The van der Waals surface area contributed by atoms with Gasteiger partial charge in [0.2, 0.25) is 0 Å². The first-order chi connectivity index (χ1) is 9.75. The maximum absolute atomic E-state index is 12.5. The second kappa shape index (κ2) is 5.38. The number of rotatable bonds is 1. The van der Waals surface area contributed by atoms with Crippen LogP contribution in [0.3, 0.4) is 0 Å². The number of methoxy groups -OCH3 is 1. The van der Waals surface area contributed by atoms with Gasteiger partial charge < -0.3 is 9.64 Å². The van der Waals surface area contributed by atoms with Gasteiger partial charge in [-0.2, -0.15) is 13.2 Å². The van der Waals surface area contributed by atoms with E-state index in [0.717, 1.165) is 11.1 Å². The van der Waals surface area contributed by atoms with Crippen LogP contribution in [0.4, 0.5) is 13.2 Å². The van der Waals surface area contributed by atoms with Crippen molar-refractivity contribution in [3.05, 3.63) is 34.4 Å². The first-order valence-corrected chi connectivity index (χ1v) is 6.31. The van der Waals surface area contributed by atoms with E-state index in [1.807, 2.05) is 6.92 Å². The van der Waals surface area contributed by atoms with Crippen molar-refractivity contribution in [2.45, 2.75) is 26.1 Å². The van der Waals surface area contributed by atoms with E-state index in [-0.39, 0.29) is 25.1 Å². The second-order valence-electron chi connectivity index (χ2n) is 4.85. The van der Waals surface area contributed by atoms with Gasteiger partial charge in [-0.3, -0.25) is 4.79 Å². The molecular weight excluding hydrogens is 287 g/mol. The zero-order valence-electron chi connectivity index (χ0n) is 11.6. The Morgan fingerprint density at radius 2 is 1.90 bits per heavy atom. The van der Waals surface area contributed by atoms with Crippen LogP contribution in [0.2, 0.25) is 0 Å². The zero-order chi connectivity index (χ0) is 15.8. The summed E-state index contributed by atoms with van der Waals surface area (Å²) < 4.78 is 42.2. The van der Waals surface area contributed by atoms with Gasteiger partial charge >= 0.3 is 18.1 Å². The Morgan fingerprint density at radius 1 is 1.24 bits per heavy atom. The van der Waals surface area contributed by atoms with E-state index in [4.69, 9.17) is 0 Å². The third-order valence-corrected chi connectivity index (χ3v) is 3.58. The Hall–Kier alpha value is -2.05. The minimum Gasteiger partial charge on any atom is -0.465 e. The summed E-state index contributed by atoms with van der Waals surface area (Å²) in [6.45, 7) is 1.57. The highest BCUT2D eigenvalue weighted by molar-refractivity contribution is 5.92. The molecule has 0 aliphatic carbocycles. The minimum absolute atomic E-state index is 0.0171. The Bertz CT molecular complexity index is 596. The van der Waals surface area contributed by atoms with E-state index < -0.39 is 18.1 Å². The zero-order valence-corrected chi connectivity index (χ0v) is 11.6. The number of carbonyl (C=O) groups excluding carboxylic acids is 2. The number of halogens is 3. The molecule has 4 nitrogen and oxygen atoms in total. The van der Waals surface area contributed by atoms with Gasteiger partial charge in [0.1, 0.15) is 0 Å². The number of ether oxygens (including phenoxy) is 1. The molecule has 1 aromatic rings. The summed E-state index contributed by atoms with van der Waals surface area (Å²) in [5, 5.41) is 0. The van der Waals surface area contributed by atoms with E-state index >= 15 is 0 Å². The number of esters is 1. The number of carbonyl (C=O) groups is 2. The predicted molar refractivity (Wildman–Crippen MR) is 67.7 cm³/mol. The molecule has 1 aromatic carbocycles. The first kappa shape index (κ1) is 15.3. The number of hydrogen-bond acceptors (Lipinski definition) is 3. The van der Waals surface area contributed by atoms with Gasteiger partial charge in [0.25, 0.3) is 0 Å². The summed E-state index contributed by atoms with van der Waals surface area (Å²) in [6, 6.07) is 3.24. The lowest BCUT2D eigenvalue weighted by Gasteiger charge is -2.31. The fraction of sp³-hybridized carbons (Fsp3) is 0.429. The number of hydrogen-bond donors (Lipinski definition) is 0. The molecule has 0 radical (unpaired) electrons. The van der Waals surface area contributed by atoms with Crippen LogP contribution in [0, 0.1) is 6.92 Å². The summed E-state index contributed by atoms with van der Waals surface area (Å²) in [5.41, 5.74) is 2.34. The molecule has 0 fully saturated rings. The molecular formula is C14H14F3NO3. The highest BCUT2D eigenvalue weighted by Gasteiger charge is 2.43. The molecule has 1 amide bonds. The Labute approximate surface area is 119 Å². The van der Waals surface area contributed by atoms with Gasteiger partial charge in [-0.05, 0) is 36.1 Å². The number of alkyl halides is 3. The molecule has 2 rings (SSSR count). The van der Waals surface area contributed by atoms with Crippen LogP contribution in [0.15, 0.2) is 12.1 Å². The van der Waals surface area contributed by atoms with Crippen LogP contribution in [-0.2, 0) is 22.5 Å². The minimum atomic E-state index is -4.91. The average molecular weight is 301 g/mol. The van der Waals surface area contributed by atoms with Crippen LogP contribution >= 0.6 is 0 Å². The molecule has 0 saturated heterocycles. The van der Waals surface area contributed by atoms with Crippen molar-refractivity contribution in [3.8, 4) is 0 Å². The topological polar surface area (TPSA) is 46.6 Å². The predicted octanol–water partition coefficient (Wildman–Crippen LogP) is 2.23. The van der Waals surface area contributed by atoms with Crippen molar-refractivity contribution < 1.29 is 27.5 Å². The smallest absolute Gasteiger partial charge is 0.465 e. The van der Waals surface area contributed by atoms with Crippen molar-refractivity contribution in [2.75, 3.05) is 13.7 Å². The van der Waals surface area contributed by atoms with E-state index in [2.05, 4.69) is 4.74 Å². The van der Waals surface area contributed by atoms with Gasteiger partial charge in [0.05, 0.1) is 12.7 Å². The lowest BCUT2D eigenvalue weighted by Crippen LogP contribution is -2.44. The normalized spacial score (nSPS) is 14.6. The standard InChI is InChI=1S/C14H14F3NO3/c1-8-3-4-10(12(19)21-2)11-7-18(6-5-9(8)11)13(20)14(15,16)17/h3-4H,5-7H2,1-2H3. The van der Waals surface area contributed by atoms with Gasteiger partial charge in [0, 0.05) is 13.1 Å². The van der Waals surface area contributed by atoms with Crippen molar-refractivity contribution in [1.29, 1.82) is 0 Å². The molecule has 0 spiro atoms. The molecule has 114 valence electrons. The maximum Gasteiger partial charge on any atom is 0.471 e. The van der Waals surface area contributed by atoms with Crippen molar-refractivity contribution in [1.82, 2.24) is 4.90 Å². The Morgan fingerprint density at radius 3 is 2.48 bits per heavy atom. The summed E-state index contributed by atoms with van der Waals surface area (Å²) in [6.07, 6.45) is -4.62. The lowest BCUT2D eigenvalue weighted by atomic mass is 9.91. The number of benzene rings is 1. The molecule has 0 unspecified atom stereocenters. The SMILES string of the molecule is COC(=O)c1ccc(C)c2c1CN(C(=O)C(F)(F)F)CC2. The molecule has 1 aliphatic rings. The van der Waals surface area contributed by atoms with Crippen LogP contribution < -0.4 is 0 Å². The Kier molecular flexibility index (Phi) is 3.93. The molecule has 1 heterocycles. The van der Waals surface area contributed by atoms with Crippen LogP contribution in [0.1, 0.15) is 27.0 Å². The fourth-order valence-electron chi connectivity index (χ4n) is 2.51. The summed E-state index contributed by atoms with van der Waals surface area (Å²) in [4.78, 5) is 23.8. The van der Waals surface area contributed by atoms with Crippen molar-refractivity contribution >= 4 is 11.9 Å². The summed E-state index contributed by atoms with van der Waals surface area (Å²) in [7, 11) is 1.20. The van der Waals surface area contributed by atoms with E-state index in [1.165, 1.54) is 13.2 Å². The summed E-state index contributed by atoms with van der Waals surface area (Å²) >= 11 is 0. The Balaban J connectivity index is 2.41. The van der Waals surface area contributed by atoms with Crippen LogP contribution in [-0.4, -0.2) is 36.6 Å². The highest BCUT2D eigenvalue weighted by atomic mass is 19.4. The van der Waals surface area contributed by atoms with Crippen molar-refractivity contribution in [2.24, 2.45) is 0 Å². The molecule has 0 aromatic heterocycles. The molecule has 0 saturated carbocycles.